The molecule has 0 saturated heterocycles. The third-order valence-corrected chi connectivity index (χ3v) is 2.58. The normalized spacial score (nSPS) is 10.0. The molecule has 0 fully saturated rings. The van der Waals surface area contributed by atoms with Gasteiger partial charge in [-0.05, 0) is 38.0 Å². The van der Waals surface area contributed by atoms with Gasteiger partial charge in [-0.3, -0.25) is 0 Å². The van der Waals surface area contributed by atoms with Gasteiger partial charge in [0.25, 0.3) is 0 Å². The van der Waals surface area contributed by atoms with Crippen molar-refractivity contribution in [3.63, 3.8) is 0 Å². The van der Waals surface area contributed by atoms with Gasteiger partial charge in [-0.2, -0.15) is 0 Å². The van der Waals surface area contributed by atoms with Gasteiger partial charge >= 0.3 is 0 Å². The molecule has 88 valence electrons. The van der Waals surface area contributed by atoms with Crippen LogP contribution < -0.4 is 9.47 Å². The minimum atomic E-state index is 0.193. The summed E-state index contributed by atoms with van der Waals surface area (Å²) in [6.45, 7) is 3.55. The van der Waals surface area contributed by atoms with Crippen molar-refractivity contribution in [1.82, 2.24) is 0 Å². The van der Waals surface area contributed by atoms with E-state index in [1.165, 1.54) is 0 Å². The Hall–Kier alpha value is -1.51. The lowest BCUT2D eigenvalue weighted by Crippen LogP contribution is -1.98. The summed E-state index contributed by atoms with van der Waals surface area (Å²) >= 11 is 0. The number of benzene rings is 1. The zero-order valence-corrected chi connectivity index (χ0v) is 10.3. The Morgan fingerprint density at radius 3 is 2.06 bits per heavy atom. The second-order valence-electron chi connectivity index (χ2n) is 3.83. The molecule has 0 saturated carbocycles. The van der Waals surface area contributed by atoms with E-state index in [1.54, 1.807) is 21.1 Å². The molecule has 1 aromatic rings. The molecule has 0 unspecified atom stereocenters. The van der Waals surface area contributed by atoms with E-state index in [0.29, 0.717) is 6.42 Å². The predicted molar refractivity (Wildman–Crippen MR) is 63.3 cm³/mol. The topological polar surface area (TPSA) is 35.5 Å². The van der Waals surface area contributed by atoms with Crippen LogP contribution in [0.2, 0.25) is 0 Å². The predicted octanol–water partition coefficient (Wildman–Crippen LogP) is 2.53. The van der Waals surface area contributed by atoms with Crippen molar-refractivity contribution in [3.8, 4) is 11.5 Å². The van der Waals surface area contributed by atoms with Crippen molar-refractivity contribution in [2.45, 2.75) is 26.7 Å². The van der Waals surface area contributed by atoms with Gasteiger partial charge in [-0.1, -0.05) is 0 Å². The first-order valence-corrected chi connectivity index (χ1v) is 5.29. The Bertz CT molecular complexity index is 358. The van der Waals surface area contributed by atoms with E-state index in [4.69, 9.17) is 9.47 Å². The number of hydrogen-bond acceptors (Lipinski definition) is 3. The van der Waals surface area contributed by atoms with Crippen molar-refractivity contribution in [3.05, 3.63) is 23.3 Å². The fourth-order valence-electron chi connectivity index (χ4n) is 1.61. The summed E-state index contributed by atoms with van der Waals surface area (Å²) in [6, 6.07) is 3.92. The molecule has 1 rings (SSSR count). The van der Waals surface area contributed by atoms with Gasteiger partial charge in [0.15, 0.2) is 0 Å². The summed E-state index contributed by atoms with van der Waals surface area (Å²) in [6.07, 6.45) is 1.28. The fourth-order valence-corrected chi connectivity index (χ4v) is 1.61. The maximum atomic E-state index is 10.9. The van der Waals surface area contributed by atoms with Gasteiger partial charge in [0.2, 0.25) is 0 Å². The van der Waals surface area contributed by atoms with Crippen molar-refractivity contribution < 1.29 is 14.3 Å². The number of ketones is 1. The summed E-state index contributed by atoms with van der Waals surface area (Å²) in [4.78, 5) is 10.9. The highest BCUT2D eigenvalue weighted by Crippen LogP contribution is 2.29. The molecule has 0 amide bonds. The van der Waals surface area contributed by atoms with Crippen molar-refractivity contribution >= 4 is 5.78 Å². The molecule has 16 heavy (non-hydrogen) atoms. The van der Waals surface area contributed by atoms with E-state index in [-0.39, 0.29) is 5.78 Å². The molecule has 0 N–H and O–H groups in total. The summed E-state index contributed by atoms with van der Waals surface area (Å²) < 4.78 is 10.5. The van der Waals surface area contributed by atoms with Gasteiger partial charge in [-0.25, -0.2) is 0 Å². The Morgan fingerprint density at radius 1 is 1.19 bits per heavy atom. The van der Waals surface area contributed by atoms with E-state index in [2.05, 4.69) is 0 Å². The second kappa shape index (κ2) is 5.54. The highest BCUT2D eigenvalue weighted by molar-refractivity contribution is 5.75. The Kier molecular flexibility index (Phi) is 4.35. The van der Waals surface area contributed by atoms with Crippen LogP contribution in [-0.2, 0) is 11.2 Å². The molecule has 0 bridgehead atoms. The number of ether oxygens (including phenoxy) is 2. The summed E-state index contributed by atoms with van der Waals surface area (Å²) in [5, 5.41) is 0. The SMILES string of the molecule is COc1cc(CCC(C)=O)cc(OC)c1C. The van der Waals surface area contributed by atoms with Crippen LogP contribution in [0.3, 0.4) is 0 Å². The number of rotatable bonds is 5. The van der Waals surface area contributed by atoms with Crippen molar-refractivity contribution in [1.29, 1.82) is 0 Å². The lowest BCUT2D eigenvalue weighted by atomic mass is 10.0. The molecule has 0 atom stereocenters. The van der Waals surface area contributed by atoms with Crippen LogP contribution in [0.15, 0.2) is 12.1 Å². The molecule has 0 heterocycles. The molecule has 0 spiro atoms. The first kappa shape index (κ1) is 12.6. The van der Waals surface area contributed by atoms with Crippen LogP contribution in [0, 0.1) is 6.92 Å². The number of Topliss-reactive ketones (excluding diaryl/α,β-unsaturated/α-hetero) is 1. The number of carbonyl (C=O) groups is 1. The molecular formula is C13H18O3. The van der Waals surface area contributed by atoms with E-state index in [1.807, 2.05) is 19.1 Å². The lowest BCUT2D eigenvalue weighted by molar-refractivity contribution is -0.116. The van der Waals surface area contributed by atoms with Crippen LogP contribution >= 0.6 is 0 Å². The zero-order valence-electron chi connectivity index (χ0n) is 10.3. The van der Waals surface area contributed by atoms with E-state index < -0.39 is 0 Å². The summed E-state index contributed by atoms with van der Waals surface area (Å²) in [5.41, 5.74) is 2.05. The zero-order chi connectivity index (χ0) is 12.1. The van der Waals surface area contributed by atoms with Gasteiger partial charge in [-0.15, -0.1) is 0 Å². The molecule has 0 radical (unpaired) electrons. The van der Waals surface area contributed by atoms with E-state index in [9.17, 15) is 4.79 Å². The number of methoxy groups -OCH3 is 2. The van der Waals surface area contributed by atoms with Crippen LogP contribution in [0.5, 0.6) is 11.5 Å². The molecule has 0 aliphatic heterocycles. The fraction of sp³-hybridized carbons (Fsp3) is 0.462. The average Bonchev–Trinajstić information content (AvgIpc) is 2.27. The number of aryl methyl sites for hydroxylation is 1. The van der Waals surface area contributed by atoms with Gasteiger partial charge in [0.05, 0.1) is 14.2 Å². The van der Waals surface area contributed by atoms with Crippen LogP contribution in [0.4, 0.5) is 0 Å². The maximum Gasteiger partial charge on any atom is 0.130 e. The third-order valence-electron chi connectivity index (χ3n) is 2.58. The number of carbonyl (C=O) groups excluding carboxylic acids is 1. The third kappa shape index (κ3) is 2.99. The quantitative estimate of drug-likeness (QED) is 0.768. The Morgan fingerprint density at radius 2 is 1.69 bits per heavy atom. The van der Waals surface area contributed by atoms with Gasteiger partial charge in [0, 0.05) is 12.0 Å². The van der Waals surface area contributed by atoms with Crippen molar-refractivity contribution in [2.24, 2.45) is 0 Å². The maximum absolute atomic E-state index is 10.9. The Balaban J connectivity index is 2.97. The summed E-state index contributed by atoms with van der Waals surface area (Å²) in [5.74, 6) is 1.80. The van der Waals surface area contributed by atoms with Gasteiger partial charge in [0.1, 0.15) is 17.3 Å². The highest BCUT2D eigenvalue weighted by atomic mass is 16.5. The molecule has 3 nitrogen and oxygen atoms in total. The van der Waals surface area contributed by atoms with E-state index in [0.717, 1.165) is 29.0 Å². The van der Waals surface area contributed by atoms with Crippen LogP contribution in [0.25, 0.3) is 0 Å². The molecule has 3 heteroatoms. The van der Waals surface area contributed by atoms with Crippen LogP contribution in [0.1, 0.15) is 24.5 Å². The smallest absolute Gasteiger partial charge is 0.130 e. The molecule has 0 aromatic heterocycles. The average molecular weight is 222 g/mol. The molecular weight excluding hydrogens is 204 g/mol. The minimum Gasteiger partial charge on any atom is -0.496 e. The molecule has 0 aliphatic carbocycles. The first-order valence-electron chi connectivity index (χ1n) is 5.29. The second-order valence-corrected chi connectivity index (χ2v) is 3.83. The van der Waals surface area contributed by atoms with Crippen molar-refractivity contribution in [2.75, 3.05) is 14.2 Å². The standard InChI is InChI=1S/C13H18O3/c1-9(14)5-6-11-7-12(15-3)10(2)13(8-11)16-4/h7-8H,5-6H2,1-4H3. The van der Waals surface area contributed by atoms with Crippen LogP contribution in [-0.4, -0.2) is 20.0 Å². The van der Waals surface area contributed by atoms with Gasteiger partial charge < -0.3 is 14.3 Å². The monoisotopic (exact) mass is 222 g/mol. The number of hydrogen-bond donors (Lipinski definition) is 0. The summed E-state index contributed by atoms with van der Waals surface area (Å²) in [7, 11) is 3.27. The molecule has 0 aliphatic rings. The minimum absolute atomic E-state index is 0.193. The molecule has 1 aromatic carbocycles. The largest absolute Gasteiger partial charge is 0.496 e. The Labute approximate surface area is 96.4 Å². The highest BCUT2D eigenvalue weighted by Gasteiger charge is 2.08. The van der Waals surface area contributed by atoms with E-state index >= 15 is 0 Å². The lowest BCUT2D eigenvalue weighted by Gasteiger charge is -2.12. The first-order chi connectivity index (χ1) is 7.58.